The minimum absolute atomic E-state index is 0.0500. The third-order valence-corrected chi connectivity index (χ3v) is 2.63. The summed E-state index contributed by atoms with van der Waals surface area (Å²) in [5.41, 5.74) is 6.06. The molecule has 1 atom stereocenters. The first-order valence-electron chi connectivity index (χ1n) is 5.25. The molecular weight excluding hydrogens is 209 g/mol. The molecule has 1 unspecified atom stereocenters. The maximum absolute atomic E-state index is 13.9. The molecule has 90 valence electrons. The number of rotatable bonds is 5. The van der Waals surface area contributed by atoms with Gasteiger partial charge in [0.25, 0.3) is 0 Å². The lowest BCUT2D eigenvalue weighted by Gasteiger charge is -2.15. The van der Waals surface area contributed by atoms with E-state index in [0.717, 1.165) is 6.42 Å². The number of ether oxygens (including phenoxy) is 2. The predicted molar refractivity (Wildman–Crippen MR) is 61.6 cm³/mol. The van der Waals surface area contributed by atoms with E-state index in [9.17, 15) is 4.39 Å². The van der Waals surface area contributed by atoms with Crippen LogP contribution in [0.5, 0.6) is 11.5 Å². The molecule has 0 fully saturated rings. The van der Waals surface area contributed by atoms with E-state index < -0.39 is 0 Å². The van der Waals surface area contributed by atoms with Crippen molar-refractivity contribution in [1.82, 2.24) is 0 Å². The minimum Gasteiger partial charge on any atom is -0.497 e. The number of hydrogen-bond donors (Lipinski definition) is 1. The Morgan fingerprint density at radius 1 is 1.31 bits per heavy atom. The van der Waals surface area contributed by atoms with Gasteiger partial charge in [0.15, 0.2) is 11.6 Å². The SMILES string of the molecule is COc1cc(OC)c(F)c(C(C)CCN)c1. The van der Waals surface area contributed by atoms with Crippen LogP contribution in [-0.4, -0.2) is 20.8 Å². The maximum Gasteiger partial charge on any atom is 0.168 e. The second kappa shape index (κ2) is 5.70. The second-order valence-corrected chi connectivity index (χ2v) is 3.71. The summed E-state index contributed by atoms with van der Waals surface area (Å²) in [5, 5.41) is 0. The molecule has 1 aromatic rings. The molecule has 1 rings (SSSR count). The Hall–Kier alpha value is -1.29. The Bertz CT molecular complexity index is 355. The van der Waals surface area contributed by atoms with E-state index in [-0.39, 0.29) is 17.5 Å². The average Bonchev–Trinajstić information content (AvgIpc) is 2.29. The Morgan fingerprint density at radius 2 is 2.00 bits per heavy atom. The molecule has 3 nitrogen and oxygen atoms in total. The molecule has 0 aromatic heterocycles. The zero-order valence-corrected chi connectivity index (χ0v) is 9.92. The standard InChI is InChI=1S/C12H18FNO2/c1-8(4-5-14)10-6-9(15-2)7-11(16-3)12(10)13/h6-8H,4-5,14H2,1-3H3. The highest BCUT2D eigenvalue weighted by molar-refractivity contribution is 5.41. The summed E-state index contributed by atoms with van der Waals surface area (Å²) in [6, 6.07) is 3.23. The van der Waals surface area contributed by atoms with Gasteiger partial charge in [0, 0.05) is 6.07 Å². The molecule has 1 aromatic carbocycles. The van der Waals surface area contributed by atoms with Crippen molar-refractivity contribution in [3.8, 4) is 11.5 Å². The third-order valence-electron chi connectivity index (χ3n) is 2.63. The van der Waals surface area contributed by atoms with E-state index >= 15 is 0 Å². The summed E-state index contributed by atoms with van der Waals surface area (Å²) in [7, 11) is 2.99. The first-order valence-corrected chi connectivity index (χ1v) is 5.25. The normalized spacial score (nSPS) is 12.3. The van der Waals surface area contributed by atoms with Gasteiger partial charge in [0.2, 0.25) is 0 Å². The average molecular weight is 227 g/mol. The van der Waals surface area contributed by atoms with Crippen LogP contribution in [0.25, 0.3) is 0 Å². The van der Waals surface area contributed by atoms with Crippen LogP contribution in [0.3, 0.4) is 0 Å². The fraction of sp³-hybridized carbons (Fsp3) is 0.500. The van der Waals surface area contributed by atoms with E-state index in [1.165, 1.54) is 13.2 Å². The molecule has 16 heavy (non-hydrogen) atoms. The third kappa shape index (κ3) is 2.64. The zero-order valence-electron chi connectivity index (χ0n) is 9.92. The monoisotopic (exact) mass is 227 g/mol. The molecule has 0 spiro atoms. The quantitative estimate of drug-likeness (QED) is 0.839. The molecule has 2 N–H and O–H groups in total. The van der Waals surface area contributed by atoms with Gasteiger partial charge in [0.1, 0.15) is 5.75 Å². The fourth-order valence-corrected chi connectivity index (χ4v) is 1.62. The zero-order chi connectivity index (χ0) is 12.1. The van der Waals surface area contributed by atoms with Crippen LogP contribution < -0.4 is 15.2 Å². The lowest BCUT2D eigenvalue weighted by molar-refractivity contribution is 0.369. The first-order chi connectivity index (χ1) is 7.63. The van der Waals surface area contributed by atoms with Gasteiger partial charge in [-0.25, -0.2) is 4.39 Å². The topological polar surface area (TPSA) is 44.5 Å². The van der Waals surface area contributed by atoms with Gasteiger partial charge < -0.3 is 15.2 Å². The lowest BCUT2D eigenvalue weighted by atomic mass is 9.96. The van der Waals surface area contributed by atoms with Crippen LogP contribution in [0, 0.1) is 5.82 Å². The van der Waals surface area contributed by atoms with Gasteiger partial charge in [-0.1, -0.05) is 6.92 Å². The van der Waals surface area contributed by atoms with E-state index in [0.29, 0.717) is 17.9 Å². The van der Waals surface area contributed by atoms with Crippen LogP contribution in [0.15, 0.2) is 12.1 Å². The van der Waals surface area contributed by atoms with Gasteiger partial charge >= 0.3 is 0 Å². The Morgan fingerprint density at radius 3 is 2.50 bits per heavy atom. The maximum atomic E-state index is 13.9. The van der Waals surface area contributed by atoms with E-state index in [4.69, 9.17) is 15.2 Å². The van der Waals surface area contributed by atoms with Gasteiger partial charge in [-0.15, -0.1) is 0 Å². The van der Waals surface area contributed by atoms with Crippen molar-refractivity contribution in [3.63, 3.8) is 0 Å². The molecule has 0 radical (unpaired) electrons. The summed E-state index contributed by atoms with van der Waals surface area (Å²) in [6.07, 6.45) is 0.729. The Balaban J connectivity index is 3.15. The second-order valence-electron chi connectivity index (χ2n) is 3.71. The largest absolute Gasteiger partial charge is 0.497 e. The van der Waals surface area contributed by atoms with Gasteiger partial charge in [-0.2, -0.15) is 0 Å². The molecule has 0 heterocycles. The van der Waals surface area contributed by atoms with Crippen LogP contribution in [-0.2, 0) is 0 Å². The molecular formula is C12H18FNO2. The number of hydrogen-bond acceptors (Lipinski definition) is 3. The van der Waals surface area contributed by atoms with Crippen molar-refractivity contribution < 1.29 is 13.9 Å². The minimum atomic E-state index is -0.329. The Labute approximate surface area is 95.4 Å². The summed E-state index contributed by atoms with van der Waals surface area (Å²) >= 11 is 0. The number of halogens is 1. The fourth-order valence-electron chi connectivity index (χ4n) is 1.62. The summed E-state index contributed by atoms with van der Waals surface area (Å²) in [6.45, 7) is 2.46. The number of benzene rings is 1. The van der Waals surface area contributed by atoms with Crippen molar-refractivity contribution in [2.75, 3.05) is 20.8 Å². The Kier molecular flexibility index (Phi) is 4.55. The van der Waals surface area contributed by atoms with Gasteiger partial charge in [0.05, 0.1) is 14.2 Å². The molecule has 0 bridgehead atoms. The molecule has 0 saturated carbocycles. The highest BCUT2D eigenvalue weighted by atomic mass is 19.1. The molecule has 4 heteroatoms. The van der Waals surface area contributed by atoms with Crippen molar-refractivity contribution in [2.24, 2.45) is 5.73 Å². The van der Waals surface area contributed by atoms with Crippen molar-refractivity contribution in [3.05, 3.63) is 23.5 Å². The number of methoxy groups -OCH3 is 2. The van der Waals surface area contributed by atoms with Crippen molar-refractivity contribution in [2.45, 2.75) is 19.3 Å². The molecule has 0 aliphatic carbocycles. The van der Waals surface area contributed by atoms with Crippen molar-refractivity contribution in [1.29, 1.82) is 0 Å². The van der Waals surface area contributed by atoms with E-state index in [2.05, 4.69) is 0 Å². The molecule has 0 aliphatic rings. The van der Waals surface area contributed by atoms with Gasteiger partial charge in [-0.05, 0) is 30.5 Å². The van der Waals surface area contributed by atoms with Gasteiger partial charge in [-0.3, -0.25) is 0 Å². The highest BCUT2D eigenvalue weighted by Gasteiger charge is 2.16. The first kappa shape index (κ1) is 12.8. The lowest BCUT2D eigenvalue weighted by Crippen LogP contribution is -2.07. The molecule has 0 amide bonds. The highest BCUT2D eigenvalue weighted by Crippen LogP contribution is 2.32. The predicted octanol–water partition coefficient (Wildman–Crippen LogP) is 2.30. The van der Waals surface area contributed by atoms with Crippen LogP contribution in [0.4, 0.5) is 4.39 Å². The van der Waals surface area contributed by atoms with Crippen LogP contribution in [0.1, 0.15) is 24.8 Å². The van der Waals surface area contributed by atoms with E-state index in [1.807, 2.05) is 6.92 Å². The van der Waals surface area contributed by atoms with Crippen LogP contribution in [0.2, 0.25) is 0 Å². The summed E-state index contributed by atoms with van der Waals surface area (Å²) in [5.74, 6) is 0.522. The summed E-state index contributed by atoms with van der Waals surface area (Å²) < 4.78 is 24.0. The smallest absolute Gasteiger partial charge is 0.168 e. The summed E-state index contributed by atoms with van der Waals surface area (Å²) in [4.78, 5) is 0. The number of nitrogens with two attached hydrogens (primary N) is 1. The van der Waals surface area contributed by atoms with Crippen LogP contribution >= 0.6 is 0 Å². The van der Waals surface area contributed by atoms with Crippen molar-refractivity contribution >= 4 is 0 Å². The molecule has 0 saturated heterocycles. The molecule has 0 aliphatic heterocycles. The van der Waals surface area contributed by atoms with E-state index in [1.54, 1.807) is 13.2 Å².